The molecule has 31 heavy (non-hydrogen) atoms. The highest BCUT2D eigenvalue weighted by molar-refractivity contribution is 5.89. The van der Waals surface area contributed by atoms with Gasteiger partial charge in [0.1, 0.15) is 17.7 Å². The number of rotatable bonds is 5. The minimum atomic E-state index is -0.0119. The minimum absolute atomic E-state index is 0. The van der Waals surface area contributed by atoms with E-state index in [2.05, 4.69) is 31.1 Å². The fourth-order valence-electron chi connectivity index (χ4n) is 3.83. The van der Waals surface area contributed by atoms with E-state index in [1.165, 1.54) is 0 Å². The largest absolute Gasteiger partial charge is 0.344 e. The number of nitrogens with zero attached hydrogens (tertiary/aromatic N) is 6. The number of benzene rings is 1. The lowest BCUT2D eigenvalue weighted by atomic mass is 10.2. The van der Waals surface area contributed by atoms with E-state index in [4.69, 9.17) is 15.2 Å². The first-order valence-electron chi connectivity index (χ1n) is 9.80. The van der Waals surface area contributed by atoms with Gasteiger partial charge < -0.3 is 15.2 Å². The molecular formula is C21H23Cl2N7O. The number of fused-ring (bicyclic) bond motifs is 1. The second kappa shape index (κ2) is 10.00. The molecule has 5 rings (SSSR count). The van der Waals surface area contributed by atoms with Crippen LogP contribution in [0.15, 0.2) is 53.3 Å². The van der Waals surface area contributed by atoms with Crippen LogP contribution >= 0.6 is 24.8 Å². The molecule has 3 aromatic heterocycles. The number of nitrogens with two attached hydrogens (primary N) is 1. The van der Waals surface area contributed by atoms with Crippen molar-refractivity contribution in [1.29, 1.82) is 0 Å². The molecule has 1 aliphatic rings. The molecule has 1 aromatic carbocycles. The summed E-state index contributed by atoms with van der Waals surface area (Å²) in [6.45, 7) is 1.39. The lowest BCUT2D eigenvalue weighted by molar-refractivity contribution is 0.355. The normalized spacial score (nSPS) is 15.5. The van der Waals surface area contributed by atoms with Gasteiger partial charge in [-0.2, -0.15) is 4.98 Å². The number of pyridine rings is 1. The van der Waals surface area contributed by atoms with Crippen LogP contribution in [0.25, 0.3) is 22.3 Å². The molecule has 0 radical (unpaired) electrons. The van der Waals surface area contributed by atoms with E-state index in [0.29, 0.717) is 24.7 Å². The minimum Gasteiger partial charge on any atom is -0.344 e. The van der Waals surface area contributed by atoms with Gasteiger partial charge in [0, 0.05) is 36.3 Å². The molecular weight excluding hydrogens is 437 g/mol. The van der Waals surface area contributed by atoms with Gasteiger partial charge >= 0.3 is 0 Å². The van der Waals surface area contributed by atoms with Crippen LogP contribution in [0, 0.1) is 0 Å². The number of aromatic nitrogens is 5. The molecule has 1 aliphatic heterocycles. The molecule has 1 atom stereocenters. The molecule has 2 N–H and O–H groups in total. The first-order chi connectivity index (χ1) is 14.3. The second-order valence-electron chi connectivity index (χ2n) is 7.06. The molecule has 0 bridgehead atoms. The van der Waals surface area contributed by atoms with E-state index < -0.39 is 0 Å². The lowest BCUT2D eigenvalue weighted by Crippen LogP contribution is -2.25. The Kier molecular flexibility index (Phi) is 7.37. The summed E-state index contributed by atoms with van der Waals surface area (Å²) in [5.74, 6) is 2.85. The Bertz CT molecular complexity index is 1140. The summed E-state index contributed by atoms with van der Waals surface area (Å²) in [6.07, 6.45) is 6.05. The Hall–Kier alpha value is -2.81. The summed E-state index contributed by atoms with van der Waals surface area (Å²) in [5.41, 5.74) is 7.57. The Morgan fingerprint density at radius 1 is 1.03 bits per heavy atom. The quantitative estimate of drug-likeness (QED) is 0.480. The van der Waals surface area contributed by atoms with Gasteiger partial charge in [0.2, 0.25) is 11.7 Å². The van der Waals surface area contributed by atoms with E-state index in [1.54, 1.807) is 12.4 Å². The van der Waals surface area contributed by atoms with Crippen LogP contribution in [0.1, 0.15) is 30.6 Å². The second-order valence-corrected chi connectivity index (χ2v) is 7.06. The maximum absolute atomic E-state index is 5.75. The lowest BCUT2D eigenvalue weighted by Gasteiger charge is -2.24. The molecule has 1 saturated heterocycles. The number of hydrogen-bond donors (Lipinski definition) is 1. The average Bonchev–Trinajstić information content (AvgIpc) is 3.44. The van der Waals surface area contributed by atoms with Crippen molar-refractivity contribution in [1.82, 2.24) is 25.1 Å². The van der Waals surface area contributed by atoms with Crippen molar-refractivity contribution >= 4 is 41.5 Å². The van der Waals surface area contributed by atoms with Crippen molar-refractivity contribution in [3.05, 3.63) is 60.5 Å². The Morgan fingerprint density at radius 2 is 1.84 bits per heavy atom. The van der Waals surface area contributed by atoms with Crippen molar-refractivity contribution < 1.29 is 4.52 Å². The van der Waals surface area contributed by atoms with Crippen LogP contribution in [-0.4, -0.2) is 38.2 Å². The maximum Gasteiger partial charge on any atom is 0.249 e. The molecule has 0 spiro atoms. The van der Waals surface area contributed by atoms with Crippen LogP contribution in [0.3, 0.4) is 0 Å². The van der Waals surface area contributed by atoms with Gasteiger partial charge in [-0.05, 0) is 43.7 Å². The highest BCUT2D eigenvalue weighted by Crippen LogP contribution is 2.38. The molecule has 8 nitrogen and oxygen atoms in total. The molecule has 0 amide bonds. The molecule has 0 aliphatic carbocycles. The molecule has 4 aromatic rings. The molecule has 1 unspecified atom stereocenters. The van der Waals surface area contributed by atoms with Crippen molar-refractivity contribution in [3.8, 4) is 11.4 Å². The average molecular weight is 460 g/mol. The predicted molar refractivity (Wildman–Crippen MR) is 124 cm³/mol. The van der Waals surface area contributed by atoms with E-state index in [-0.39, 0.29) is 30.9 Å². The van der Waals surface area contributed by atoms with Crippen LogP contribution in [0.4, 0.5) is 5.82 Å². The molecule has 4 heterocycles. The third kappa shape index (κ3) is 4.46. The Labute approximate surface area is 192 Å². The van der Waals surface area contributed by atoms with Crippen molar-refractivity contribution in [2.24, 2.45) is 5.73 Å². The van der Waals surface area contributed by atoms with Gasteiger partial charge in [-0.25, -0.2) is 9.97 Å². The van der Waals surface area contributed by atoms with Crippen LogP contribution < -0.4 is 10.6 Å². The SMILES string of the molecule is Cl.Cl.NCCc1nc(N2CCCC2c2nc(-c3ccncc3)no2)c2ccccc2n1. The zero-order valence-corrected chi connectivity index (χ0v) is 18.4. The van der Waals surface area contributed by atoms with Gasteiger partial charge in [0.25, 0.3) is 0 Å². The van der Waals surface area contributed by atoms with E-state index in [1.807, 2.05) is 30.3 Å². The van der Waals surface area contributed by atoms with Crippen LogP contribution in [-0.2, 0) is 6.42 Å². The highest BCUT2D eigenvalue weighted by Gasteiger charge is 2.33. The first kappa shape index (κ1) is 22.9. The van der Waals surface area contributed by atoms with Crippen molar-refractivity contribution in [2.75, 3.05) is 18.0 Å². The Balaban J connectivity index is 0.00000136. The van der Waals surface area contributed by atoms with Crippen LogP contribution in [0.5, 0.6) is 0 Å². The predicted octanol–water partition coefficient (Wildman–Crippen LogP) is 3.76. The summed E-state index contributed by atoms with van der Waals surface area (Å²) in [7, 11) is 0. The first-order valence-corrected chi connectivity index (χ1v) is 9.80. The fourth-order valence-corrected chi connectivity index (χ4v) is 3.83. The van der Waals surface area contributed by atoms with Crippen molar-refractivity contribution in [3.63, 3.8) is 0 Å². The van der Waals surface area contributed by atoms with Gasteiger partial charge in [0.15, 0.2) is 0 Å². The van der Waals surface area contributed by atoms with Gasteiger partial charge in [-0.15, -0.1) is 24.8 Å². The monoisotopic (exact) mass is 459 g/mol. The third-order valence-electron chi connectivity index (χ3n) is 5.19. The topological polar surface area (TPSA) is 107 Å². The Morgan fingerprint density at radius 3 is 2.65 bits per heavy atom. The van der Waals surface area contributed by atoms with Gasteiger partial charge in [-0.1, -0.05) is 17.3 Å². The third-order valence-corrected chi connectivity index (χ3v) is 5.19. The number of hydrogen-bond acceptors (Lipinski definition) is 8. The molecule has 0 saturated carbocycles. The molecule has 1 fully saturated rings. The zero-order valence-electron chi connectivity index (χ0n) is 16.7. The molecule has 162 valence electrons. The summed E-state index contributed by atoms with van der Waals surface area (Å²) in [4.78, 5) is 20.5. The van der Waals surface area contributed by atoms with E-state index in [9.17, 15) is 0 Å². The number of halogens is 2. The summed E-state index contributed by atoms with van der Waals surface area (Å²) < 4.78 is 5.66. The van der Waals surface area contributed by atoms with E-state index in [0.717, 1.165) is 47.5 Å². The smallest absolute Gasteiger partial charge is 0.249 e. The standard InChI is InChI=1S/C21H21N7O.2ClH/c22-10-7-18-24-16-5-2-1-4-15(16)20(25-18)28-13-3-6-17(28)21-26-19(27-29-21)14-8-11-23-12-9-14;;/h1-2,4-5,8-9,11-12,17H,3,6-7,10,13,22H2;2*1H. The maximum atomic E-state index is 5.75. The fraction of sp³-hybridized carbons (Fsp3) is 0.286. The summed E-state index contributed by atoms with van der Waals surface area (Å²) in [6, 6.07) is 11.8. The summed E-state index contributed by atoms with van der Waals surface area (Å²) >= 11 is 0. The van der Waals surface area contributed by atoms with Gasteiger partial charge in [-0.3, -0.25) is 4.98 Å². The number of para-hydroxylation sites is 1. The van der Waals surface area contributed by atoms with Gasteiger partial charge in [0.05, 0.1) is 5.52 Å². The zero-order chi connectivity index (χ0) is 19.6. The van der Waals surface area contributed by atoms with Crippen molar-refractivity contribution in [2.45, 2.75) is 25.3 Å². The highest BCUT2D eigenvalue weighted by atomic mass is 35.5. The van der Waals surface area contributed by atoms with Crippen LogP contribution in [0.2, 0.25) is 0 Å². The molecule has 10 heteroatoms. The number of anilines is 1. The van der Waals surface area contributed by atoms with E-state index >= 15 is 0 Å². The summed E-state index contributed by atoms with van der Waals surface area (Å²) in [5, 5.41) is 5.20.